The van der Waals surface area contributed by atoms with Gasteiger partial charge in [0.05, 0.1) is 18.9 Å². The molecule has 58 valence electrons. The van der Waals surface area contributed by atoms with Gasteiger partial charge in [-0.05, 0) is 0 Å². The first-order chi connectivity index (χ1) is 5.16. The molecule has 11 heavy (non-hydrogen) atoms. The van der Waals surface area contributed by atoms with Crippen molar-refractivity contribution < 1.29 is 9.31 Å². The highest BCUT2D eigenvalue weighted by molar-refractivity contribution is 5.06. The molecule has 0 aliphatic heterocycles. The fraction of sp³-hybridized carbons (Fsp3) is 0.400. The molecule has 1 heterocycles. The van der Waals surface area contributed by atoms with E-state index in [0.717, 1.165) is 0 Å². The Morgan fingerprint density at radius 2 is 2.36 bits per heavy atom. The van der Waals surface area contributed by atoms with Crippen LogP contribution in [0.25, 0.3) is 0 Å². The van der Waals surface area contributed by atoms with Crippen molar-refractivity contribution in [3.8, 4) is 6.07 Å². The lowest BCUT2D eigenvalue weighted by Crippen LogP contribution is -2.56. The van der Waals surface area contributed by atoms with Crippen LogP contribution in [0.4, 0.5) is 0 Å². The first-order valence-electron chi connectivity index (χ1n) is 2.88. The third-order valence-electron chi connectivity index (χ3n) is 1.14. The fourth-order valence-electron chi connectivity index (χ4n) is 0.640. The molecule has 0 fully saturated rings. The predicted octanol–water partition coefficient (Wildman–Crippen LogP) is -1.68. The van der Waals surface area contributed by atoms with E-state index in [1.54, 1.807) is 20.2 Å². The first kappa shape index (κ1) is 7.34. The number of aromatic amines is 1. The molecule has 0 aliphatic rings. The molecule has 0 saturated heterocycles. The van der Waals surface area contributed by atoms with E-state index in [2.05, 4.69) is 9.79 Å². The van der Waals surface area contributed by atoms with E-state index in [-0.39, 0.29) is 5.69 Å². The van der Waals surface area contributed by atoms with Crippen LogP contribution in [0.2, 0.25) is 0 Å². The van der Waals surface area contributed by atoms with Crippen LogP contribution in [0.1, 0.15) is 5.69 Å². The fourth-order valence-corrected chi connectivity index (χ4v) is 0.640. The molecule has 1 aromatic rings. The van der Waals surface area contributed by atoms with E-state index < -0.39 is 5.63 Å². The predicted molar refractivity (Wildman–Crippen MR) is 34.3 cm³/mol. The highest BCUT2D eigenvalue weighted by Gasteiger charge is 2.22. The summed E-state index contributed by atoms with van der Waals surface area (Å²) in [7, 11) is 3.35. The van der Waals surface area contributed by atoms with Crippen molar-refractivity contribution in [2.75, 3.05) is 19.1 Å². The molecule has 1 rings (SSSR count). The molecular formula is C5H7N4O2+. The van der Waals surface area contributed by atoms with E-state index in [1.807, 2.05) is 0 Å². The van der Waals surface area contributed by atoms with Crippen LogP contribution < -0.4 is 15.4 Å². The molecule has 1 aromatic heterocycles. The van der Waals surface area contributed by atoms with Crippen molar-refractivity contribution in [2.24, 2.45) is 0 Å². The van der Waals surface area contributed by atoms with Gasteiger partial charge in [0, 0.05) is 5.27 Å². The monoisotopic (exact) mass is 155 g/mol. The maximum Gasteiger partial charge on any atom is 0.449 e. The number of nitrogens with zero attached hydrogens (tertiary/aromatic N) is 3. The molecule has 0 bridgehead atoms. The lowest BCUT2D eigenvalue weighted by atomic mass is 10.5. The summed E-state index contributed by atoms with van der Waals surface area (Å²) >= 11 is 0. The number of H-pyrrole nitrogens is 1. The third-order valence-corrected chi connectivity index (χ3v) is 1.14. The van der Waals surface area contributed by atoms with Crippen molar-refractivity contribution in [1.82, 2.24) is 5.27 Å². The molecule has 1 N–H and O–H groups in total. The summed E-state index contributed by atoms with van der Waals surface area (Å²) in [5.74, 6) is 0. The van der Waals surface area contributed by atoms with Gasteiger partial charge in [-0.2, -0.15) is 10.3 Å². The van der Waals surface area contributed by atoms with E-state index >= 15 is 0 Å². The summed E-state index contributed by atoms with van der Waals surface area (Å²) in [5, 5.41) is 12.2. The minimum atomic E-state index is -0.666. The summed E-state index contributed by atoms with van der Waals surface area (Å²) in [4.78, 5) is 11.9. The normalized spacial score (nSPS) is 9.18. The number of nitrogens with one attached hydrogen (secondary N) is 1. The summed E-state index contributed by atoms with van der Waals surface area (Å²) in [6, 6.07) is 1.71. The maximum atomic E-state index is 10.7. The van der Waals surface area contributed by atoms with Gasteiger partial charge in [0.15, 0.2) is 6.07 Å². The van der Waals surface area contributed by atoms with Crippen molar-refractivity contribution in [3.63, 3.8) is 0 Å². The SMILES string of the molecule is CN(C)[n+]1[nH]oc(=O)c1C#N. The molecule has 0 aromatic carbocycles. The Morgan fingerprint density at radius 3 is 2.73 bits per heavy atom. The minimum absolute atomic E-state index is 0.0741. The molecule has 6 heteroatoms. The van der Waals surface area contributed by atoms with Crippen LogP contribution in [0.15, 0.2) is 9.32 Å². The largest absolute Gasteiger partial charge is 0.449 e. The Kier molecular flexibility index (Phi) is 1.64. The molecule has 0 amide bonds. The second-order valence-corrected chi connectivity index (χ2v) is 2.10. The second kappa shape index (κ2) is 2.46. The summed E-state index contributed by atoms with van der Waals surface area (Å²) in [6.07, 6.45) is 0. The summed E-state index contributed by atoms with van der Waals surface area (Å²) in [6.45, 7) is 0. The number of nitriles is 1. The Morgan fingerprint density at radius 1 is 1.73 bits per heavy atom. The standard InChI is InChI=1S/C5H6N4O2/c1-8(2)9-4(3-6)5(10)11-7-9/h1-2H3/p+1. The number of rotatable bonds is 1. The van der Waals surface area contributed by atoms with Crippen molar-refractivity contribution >= 4 is 0 Å². The Hall–Kier alpha value is -1.77. The average Bonchev–Trinajstić information content (AvgIpc) is 2.30. The average molecular weight is 155 g/mol. The van der Waals surface area contributed by atoms with Gasteiger partial charge in [-0.15, -0.1) is 0 Å². The van der Waals surface area contributed by atoms with E-state index in [4.69, 9.17) is 5.26 Å². The van der Waals surface area contributed by atoms with Crippen LogP contribution in [-0.4, -0.2) is 19.4 Å². The minimum Gasteiger partial charge on any atom is -0.279 e. The molecule has 0 aliphatic carbocycles. The zero-order chi connectivity index (χ0) is 8.43. The van der Waals surface area contributed by atoms with Crippen LogP contribution in [0.3, 0.4) is 0 Å². The lowest BCUT2D eigenvalue weighted by molar-refractivity contribution is -0.755. The van der Waals surface area contributed by atoms with E-state index in [0.29, 0.717) is 0 Å². The third kappa shape index (κ3) is 1.08. The van der Waals surface area contributed by atoms with Crippen LogP contribution in [0.5, 0.6) is 0 Å². The van der Waals surface area contributed by atoms with Crippen LogP contribution >= 0.6 is 0 Å². The van der Waals surface area contributed by atoms with Gasteiger partial charge in [-0.25, -0.2) is 4.79 Å². The molecule has 6 nitrogen and oxygen atoms in total. The molecule has 0 spiro atoms. The summed E-state index contributed by atoms with van der Waals surface area (Å²) < 4.78 is 4.37. The molecule has 0 atom stereocenters. The zero-order valence-electron chi connectivity index (χ0n) is 6.16. The number of aromatic nitrogens is 2. The highest BCUT2D eigenvalue weighted by atomic mass is 16.5. The smallest absolute Gasteiger partial charge is 0.279 e. The van der Waals surface area contributed by atoms with E-state index in [9.17, 15) is 4.79 Å². The van der Waals surface area contributed by atoms with Crippen molar-refractivity contribution in [1.29, 1.82) is 5.26 Å². The Balaban J connectivity index is 3.30. The summed E-state index contributed by atoms with van der Waals surface area (Å²) in [5.41, 5.74) is -0.740. The molecule has 0 unspecified atom stereocenters. The number of hydrogen-bond donors (Lipinski definition) is 1. The van der Waals surface area contributed by atoms with Crippen molar-refractivity contribution in [2.45, 2.75) is 0 Å². The molecular weight excluding hydrogens is 148 g/mol. The van der Waals surface area contributed by atoms with Crippen LogP contribution in [-0.2, 0) is 0 Å². The maximum absolute atomic E-state index is 10.7. The molecule has 0 radical (unpaired) electrons. The Bertz CT molecular complexity index is 342. The second-order valence-electron chi connectivity index (χ2n) is 2.10. The van der Waals surface area contributed by atoms with Crippen molar-refractivity contribution in [3.05, 3.63) is 16.1 Å². The molecule has 0 saturated carbocycles. The van der Waals surface area contributed by atoms with Gasteiger partial charge >= 0.3 is 11.3 Å². The van der Waals surface area contributed by atoms with Gasteiger partial charge < -0.3 is 0 Å². The topological polar surface area (TPSA) is 76.9 Å². The zero-order valence-corrected chi connectivity index (χ0v) is 6.16. The van der Waals surface area contributed by atoms with Crippen LogP contribution in [0, 0.1) is 11.3 Å². The van der Waals surface area contributed by atoms with Gasteiger partial charge in [0.25, 0.3) is 0 Å². The highest BCUT2D eigenvalue weighted by Crippen LogP contribution is 1.74. The van der Waals surface area contributed by atoms with E-state index in [1.165, 1.54) is 9.80 Å². The quantitative estimate of drug-likeness (QED) is 0.491. The van der Waals surface area contributed by atoms with Gasteiger partial charge in [0.2, 0.25) is 0 Å². The first-order valence-corrected chi connectivity index (χ1v) is 2.88. The number of hydrogen-bond acceptors (Lipinski definition) is 4. The van der Waals surface area contributed by atoms with Gasteiger partial charge in [0.1, 0.15) is 0 Å². The van der Waals surface area contributed by atoms with Gasteiger partial charge in [-0.1, -0.05) is 0 Å². The lowest BCUT2D eigenvalue weighted by Gasteiger charge is -1.96. The Labute approximate surface area is 62.2 Å². The van der Waals surface area contributed by atoms with Gasteiger partial charge in [-0.3, -0.25) is 4.52 Å².